The van der Waals surface area contributed by atoms with Crippen LogP contribution in [0.15, 0.2) is 35.2 Å². The molecule has 2 fully saturated rings. The summed E-state index contributed by atoms with van der Waals surface area (Å²) >= 11 is 0. The summed E-state index contributed by atoms with van der Waals surface area (Å²) in [6.07, 6.45) is 3.65. The summed E-state index contributed by atoms with van der Waals surface area (Å²) in [6.45, 7) is 0.502. The SMILES string of the molecule is COC(=O)c1c(NS(=O)(=O)c2ccc(F)cc2C2CCC2)ccc2c1OCC1CC21. The van der Waals surface area contributed by atoms with E-state index in [0.717, 1.165) is 37.3 Å². The van der Waals surface area contributed by atoms with Gasteiger partial charge in [-0.2, -0.15) is 0 Å². The molecule has 0 saturated heterocycles. The Bertz CT molecular complexity index is 1140. The molecule has 1 heterocycles. The van der Waals surface area contributed by atoms with E-state index in [1.165, 1.54) is 19.2 Å². The molecule has 158 valence electrons. The van der Waals surface area contributed by atoms with Gasteiger partial charge in [-0.25, -0.2) is 17.6 Å². The van der Waals surface area contributed by atoms with Crippen LogP contribution in [0.4, 0.5) is 10.1 Å². The molecule has 0 aromatic heterocycles. The number of methoxy groups -OCH3 is 1. The highest BCUT2D eigenvalue weighted by atomic mass is 32.2. The molecule has 3 aliphatic rings. The molecule has 30 heavy (non-hydrogen) atoms. The molecule has 0 amide bonds. The van der Waals surface area contributed by atoms with Crippen molar-refractivity contribution in [2.75, 3.05) is 18.4 Å². The van der Waals surface area contributed by atoms with Crippen LogP contribution in [0.2, 0.25) is 0 Å². The topological polar surface area (TPSA) is 81.7 Å². The Labute approximate surface area is 174 Å². The molecular formula is C22H22FNO5S. The van der Waals surface area contributed by atoms with Crippen molar-refractivity contribution < 1.29 is 27.1 Å². The summed E-state index contributed by atoms with van der Waals surface area (Å²) in [5, 5.41) is 0. The Hall–Kier alpha value is -2.61. The van der Waals surface area contributed by atoms with Gasteiger partial charge in [-0.05, 0) is 66.5 Å². The average molecular weight is 431 g/mol. The van der Waals surface area contributed by atoms with E-state index in [4.69, 9.17) is 9.47 Å². The van der Waals surface area contributed by atoms with Crippen LogP contribution >= 0.6 is 0 Å². The first-order valence-electron chi connectivity index (χ1n) is 10.1. The highest BCUT2D eigenvalue weighted by Gasteiger charge is 2.45. The monoisotopic (exact) mass is 431 g/mol. The molecule has 2 saturated carbocycles. The Morgan fingerprint density at radius 3 is 2.70 bits per heavy atom. The second-order valence-electron chi connectivity index (χ2n) is 8.23. The van der Waals surface area contributed by atoms with Gasteiger partial charge >= 0.3 is 5.97 Å². The molecule has 0 radical (unpaired) electrons. The van der Waals surface area contributed by atoms with Crippen LogP contribution in [0.25, 0.3) is 0 Å². The van der Waals surface area contributed by atoms with Crippen LogP contribution in [-0.4, -0.2) is 28.1 Å². The van der Waals surface area contributed by atoms with Crippen molar-refractivity contribution in [3.8, 4) is 5.75 Å². The van der Waals surface area contributed by atoms with Gasteiger partial charge in [0.05, 0.1) is 24.3 Å². The number of esters is 1. The molecule has 1 N–H and O–H groups in total. The Kier molecular flexibility index (Phi) is 4.50. The van der Waals surface area contributed by atoms with Crippen LogP contribution in [0.1, 0.15) is 59.0 Å². The van der Waals surface area contributed by atoms with Gasteiger partial charge in [0, 0.05) is 5.92 Å². The fourth-order valence-electron chi connectivity index (χ4n) is 4.44. The van der Waals surface area contributed by atoms with Gasteiger partial charge < -0.3 is 9.47 Å². The zero-order valence-corrected chi connectivity index (χ0v) is 17.3. The van der Waals surface area contributed by atoms with E-state index in [2.05, 4.69) is 4.72 Å². The van der Waals surface area contributed by atoms with Crippen LogP contribution in [0, 0.1) is 11.7 Å². The number of hydrogen-bond acceptors (Lipinski definition) is 5. The van der Waals surface area contributed by atoms with Crippen molar-refractivity contribution in [3.63, 3.8) is 0 Å². The zero-order chi connectivity index (χ0) is 21.0. The zero-order valence-electron chi connectivity index (χ0n) is 16.5. The summed E-state index contributed by atoms with van der Waals surface area (Å²) in [5.41, 5.74) is 1.56. The Morgan fingerprint density at radius 1 is 1.20 bits per heavy atom. The number of hydrogen-bond donors (Lipinski definition) is 1. The summed E-state index contributed by atoms with van der Waals surface area (Å²) in [5.74, 6) is 0.0688. The summed E-state index contributed by atoms with van der Waals surface area (Å²) in [4.78, 5) is 12.6. The van der Waals surface area contributed by atoms with Crippen molar-refractivity contribution in [3.05, 3.63) is 52.8 Å². The van der Waals surface area contributed by atoms with E-state index in [1.54, 1.807) is 12.1 Å². The van der Waals surface area contributed by atoms with Crippen LogP contribution in [0.5, 0.6) is 5.75 Å². The minimum absolute atomic E-state index is 0.0195. The van der Waals surface area contributed by atoms with Crippen LogP contribution in [0.3, 0.4) is 0 Å². The number of halogens is 1. The van der Waals surface area contributed by atoms with Crippen molar-refractivity contribution in [2.45, 2.75) is 42.4 Å². The third-order valence-corrected chi connectivity index (χ3v) is 7.83. The lowest BCUT2D eigenvalue weighted by Crippen LogP contribution is -2.22. The fourth-order valence-corrected chi connectivity index (χ4v) is 5.79. The number of benzene rings is 2. The first-order valence-corrected chi connectivity index (χ1v) is 11.6. The lowest BCUT2D eigenvalue weighted by atomic mass is 9.80. The second-order valence-corrected chi connectivity index (χ2v) is 9.88. The van der Waals surface area contributed by atoms with E-state index < -0.39 is 21.8 Å². The molecule has 0 bridgehead atoms. The van der Waals surface area contributed by atoms with Gasteiger partial charge in [0.2, 0.25) is 0 Å². The van der Waals surface area contributed by atoms with Gasteiger partial charge in [0.1, 0.15) is 17.1 Å². The largest absolute Gasteiger partial charge is 0.492 e. The first-order chi connectivity index (χ1) is 14.4. The summed E-state index contributed by atoms with van der Waals surface area (Å²) in [6, 6.07) is 7.11. The molecule has 2 aromatic rings. The molecule has 2 aliphatic carbocycles. The van der Waals surface area contributed by atoms with Crippen molar-refractivity contribution in [2.24, 2.45) is 5.92 Å². The van der Waals surface area contributed by atoms with Gasteiger partial charge in [-0.15, -0.1) is 0 Å². The lowest BCUT2D eigenvalue weighted by Gasteiger charge is -2.28. The molecule has 2 atom stereocenters. The van der Waals surface area contributed by atoms with Crippen molar-refractivity contribution in [1.29, 1.82) is 0 Å². The smallest absolute Gasteiger partial charge is 0.343 e. The summed E-state index contributed by atoms with van der Waals surface area (Å²) < 4.78 is 53.6. The van der Waals surface area contributed by atoms with Crippen LogP contribution < -0.4 is 9.46 Å². The minimum atomic E-state index is -4.06. The second kappa shape index (κ2) is 6.97. The molecule has 2 aromatic carbocycles. The molecule has 0 spiro atoms. The van der Waals surface area contributed by atoms with E-state index in [9.17, 15) is 17.6 Å². The van der Waals surface area contributed by atoms with Crippen LogP contribution in [-0.2, 0) is 14.8 Å². The minimum Gasteiger partial charge on any atom is -0.492 e. The number of rotatable bonds is 5. The number of ether oxygens (including phenoxy) is 2. The number of nitrogens with one attached hydrogen (secondary N) is 1. The normalized spacial score (nSPS) is 22.2. The number of anilines is 1. The van der Waals surface area contributed by atoms with Gasteiger partial charge in [-0.1, -0.05) is 12.5 Å². The van der Waals surface area contributed by atoms with Gasteiger partial charge in [-0.3, -0.25) is 4.72 Å². The first kappa shape index (κ1) is 19.4. The van der Waals surface area contributed by atoms with E-state index in [0.29, 0.717) is 29.8 Å². The maximum absolute atomic E-state index is 13.8. The number of fused-ring (bicyclic) bond motifs is 3. The van der Waals surface area contributed by atoms with Gasteiger partial charge in [0.25, 0.3) is 10.0 Å². The molecule has 6 nitrogen and oxygen atoms in total. The highest BCUT2D eigenvalue weighted by molar-refractivity contribution is 7.92. The van der Waals surface area contributed by atoms with Crippen molar-refractivity contribution >= 4 is 21.7 Å². The predicted octanol–water partition coefficient (Wildman–Crippen LogP) is 4.18. The average Bonchev–Trinajstić information content (AvgIpc) is 3.45. The molecule has 5 rings (SSSR count). The number of sulfonamides is 1. The maximum Gasteiger partial charge on any atom is 0.343 e. The third-order valence-electron chi connectivity index (χ3n) is 6.39. The summed E-state index contributed by atoms with van der Waals surface area (Å²) in [7, 11) is -2.81. The van der Waals surface area contributed by atoms with E-state index in [-0.39, 0.29) is 22.1 Å². The lowest BCUT2D eigenvalue weighted by molar-refractivity contribution is 0.0596. The molecular weight excluding hydrogens is 409 g/mol. The highest BCUT2D eigenvalue weighted by Crippen LogP contribution is 2.55. The van der Waals surface area contributed by atoms with Crippen molar-refractivity contribution in [1.82, 2.24) is 0 Å². The number of carbonyl (C=O) groups excluding carboxylic acids is 1. The van der Waals surface area contributed by atoms with E-state index >= 15 is 0 Å². The molecule has 2 unspecified atom stereocenters. The van der Waals surface area contributed by atoms with E-state index in [1.807, 2.05) is 0 Å². The predicted molar refractivity (Wildman–Crippen MR) is 108 cm³/mol. The molecule has 1 aliphatic heterocycles. The van der Waals surface area contributed by atoms with Gasteiger partial charge in [0.15, 0.2) is 0 Å². The maximum atomic E-state index is 13.8. The quantitative estimate of drug-likeness (QED) is 0.719. The Morgan fingerprint density at radius 2 is 2.00 bits per heavy atom. The number of carbonyl (C=O) groups is 1. The molecule has 8 heteroatoms. The standard InChI is InChI=1S/C22H22FNO5S/c1-28-22(25)20-18(7-6-15-16-9-13(16)11-29-21(15)20)24-30(26,27)19-8-5-14(23)10-17(19)12-3-2-4-12/h5-8,10,12-13,16,24H,2-4,9,11H2,1H3. The Balaban J connectivity index is 1.57. The fraction of sp³-hybridized carbons (Fsp3) is 0.409. The third kappa shape index (κ3) is 3.14.